The first kappa shape index (κ1) is 11.6. The second-order valence-electron chi connectivity index (χ2n) is 4.82. The topological polar surface area (TPSA) is 41.6 Å². The molecule has 0 radical (unpaired) electrons. The maximum absolute atomic E-state index is 9.00. The molecule has 0 spiro atoms. The van der Waals surface area contributed by atoms with Crippen molar-refractivity contribution in [1.29, 1.82) is 5.26 Å². The maximum atomic E-state index is 9.00. The van der Waals surface area contributed by atoms with E-state index in [9.17, 15) is 0 Å². The highest BCUT2D eigenvalue weighted by molar-refractivity contribution is 6.16. The van der Waals surface area contributed by atoms with E-state index in [1.54, 1.807) is 0 Å². The quantitative estimate of drug-likeness (QED) is 0.790. The van der Waals surface area contributed by atoms with Gasteiger partial charge in [-0.1, -0.05) is 13.3 Å². The van der Waals surface area contributed by atoms with E-state index in [0.29, 0.717) is 17.5 Å². The van der Waals surface area contributed by atoms with Crippen molar-refractivity contribution in [3.63, 3.8) is 0 Å². The van der Waals surface area contributed by atoms with Gasteiger partial charge in [-0.2, -0.15) is 5.26 Å². The lowest BCUT2D eigenvalue weighted by Crippen LogP contribution is -2.01. The molecule has 92 valence electrons. The van der Waals surface area contributed by atoms with Crippen molar-refractivity contribution in [3.8, 4) is 6.07 Å². The molecule has 3 rings (SSSR count). The summed E-state index contributed by atoms with van der Waals surface area (Å²) in [4.78, 5) is 4.56. The number of hydrogen-bond donors (Lipinski definition) is 0. The first-order chi connectivity index (χ1) is 8.78. The largest absolute Gasteiger partial charge is 0.324 e. The average molecular weight is 260 g/mol. The van der Waals surface area contributed by atoms with Gasteiger partial charge in [0.05, 0.1) is 28.5 Å². The van der Waals surface area contributed by atoms with Crippen molar-refractivity contribution in [3.05, 3.63) is 29.6 Å². The summed E-state index contributed by atoms with van der Waals surface area (Å²) in [5, 5.41) is 9.00. The number of aromatic nitrogens is 2. The van der Waals surface area contributed by atoms with Gasteiger partial charge in [-0.25, -0.2) is 4.98 Å². The van der Waals surface area contributed by atoms with Crippen molar-refractivity contribution >= 4 is 22.6 Å². The smallest absolute Gasteiger partial charge is 0.125 e. The van der Waals surface area contributed by atoms with Crippen molar-refractivity contribution in [2.75, 3.05) is 0 Å². The highest BCUT2D eigenvalue weighted by Gasteiger charge is 2.39. The average Bonchev–Trinajstić information content (AvgIpc) is 3.10. The molecular weight excluding hydrogens is 246 g/mol. The van der Waals surface area contributed by atoms with Crippen LogP contribution in [0.15, 0.2) is 18.2 Å². The minimum absolute atomic E-state index is 0.420. The molecule has 2 atom stereocenters. The van der Waals surface area contributed by atoms with Gasteiger partial charge in [-0.3, -0.25) is 0 Å². The van der Waals surface area contributed by atoms with Gasteiger partial charge < -0.3 is 4.57 Å². The number of nitrogens with zero attached hydrogens (tertiary/aromatic N) is 3. The predicted molar refractivity (Wildman–Crippen MR) is 71.4 cm³/mol. The number of benzene rings is 1. The van der Waals surface area contributed by atoms with E-state index in [2.05, 4.69) is 22.5 Å². The van der Waals surface area contributed by atoms with Gasteiger partial charge in [0.15, 0.2) is 0 Å². The first-order valence-corrected chi connectivity index (χ1v) is 6.78. The Morgan fingerprint density at radius 1 is 1.56 bits per heavy atom. The van der Waals surface area contributed by atoms with Crippen LogP contribution in [-0.2, 0) is 5.88 Å². The number of nitriles is 1. The van der Waals surface area contributed by atoms with E-state index in [-0.39, 0.29) is 0 Å². The van der Waals surface area contributed by atoms with Gasteiger partial charge in [-0.05, 0) is 30.5 Å². The predicted octanol–water partition coefficient (Wildman–Crippen LogP) is 3.62. The minimum Gasteiger partial charge on any atom is -0.324 e. The molecule has 0 amide bonds. The fraction of sp³-hybridized carbons (Fsp3) is 0.429. The molecule has 18 heavy (non-hydrogen) atoms. The Labute approximate surface area is 111 Å². The fourth-order valence-electron chi connectivity index (χ4n) is 2.66. The van der Waals surface area contributed by atoms with Crippen molar-refractivity contribution in [2.24, 2.45) is 5.92 Å². The van der Waals surface area contributed by atoms with Gasteiger partial charge >= 0.3 is 0 Å². The molecule has 0 saturated heterocycles. The van der Waals surface area contributed by atoms with E-state index in [0.717, 1.165) is 22.8 Å². The van der Waals surface area contributed by atoms with Crippen LogP contribution >= 0.6 is 11.6 Å². The van der Waals surface area contributed by atoms with Gasteiger partial charge in [0.1, 0.15) is 5.82 Å². The Hall–Kier alpha value is -1.53. The van der Waals surface area contributed by atoms with Gasteiger partial charge in [0, 0.05) is 6.04 Å². The summed E-state index contributed by atoms with van der Waals surface area (Å²) in [6, 6.07) is 8.33. The molecule has 2 unspecified atom stereocenters. The molecule has 1 aliphatic rings. The summed E-state index contributed by atoms with van der Waals surface area (Å²) >= 11 is 5.99. The third-order valence-corrected chi connectivity index (χ3v) is 3.99. The van der Waals surface area contributed by atoms with Crippen LogP contribution < -0.4 is 0 Å². The van der Waals surface area contributed by atoms with E-state index in [1.807, 2.05) is 18.2 Å². The summed E-state index contributed by atoms with van der Waals surface area (Å²) in [5.41, 5.74) is 2.66. The number of rotatable bonds is 3. The van der Waals surface area contributed by atoms with E-state index in [4.69, 9.17) is 16.9 Å². The zero-order valence-electron chi connectivity index (χ0n) is 10.2. The highest BCUT2D eigenvalue weighted by atomic mass is 35.5. The lowest BCUT2D eigenvalue weighted by molar-refractivity contribution is 0.637. The Bertz CT molecular complexity index is 638. The van der Waals surface area contributed by atoms with Crippen LogP contribution in [-0.4, -0.2) is 9.55 Å². The highest BCUT2D eigenvalue weighted by Crippen LogP contribution is 2.47. The summed E-state index contributed by atoms with van der Waals surface area (Å²) < 4.78 is 2.23. The van der Waals surface area contributed by atoms with Crippen molar-refractivity contribution in [1.82, 2.24) is 9.55 Å². The molecule has 3 nitrogen and oxygen atoms in total. The minimum atomic E-state index is 0.420. The second-order valence-corrected chi connectivity index (χ2v) is 5.09. The molecular formula is C14H14ClN3. The Kier molecular flexibility index (Phi) is 2.76. The monoisotopic (exact) mass is 259 g/mol. The molecule has 1 heterocycles. The summed E-state index contributed by atoms with van der Waals surface area (Å²) in [6.45, 7) is 2.21. The van der Waals surface area contributed by atoms with Crippen LogP contribution in [0.4, 0.5) is 0 Å². The molecule has 2 aromatic rings. The van der Waals surface area contributed by atoms with Crippen LogP contribution in [0.3, 0.4) is 0 Å². The summed E-state index contributed by atoms with van der Waals surface area (Å²) in [7, 11) is 0. The molecule has 1 fully saturated rings. The third kappa shape index (κ3) is 1.69. The number of fused-ring (bicyclic) bond motifs is 1. The molecule has 0 aliphatic heterocycles. The zero-order valence-corrected chi connectivity index (χ0v) is 11.0. The Balaban J connectivity index is 2.17. The molecule has 0 N–H and O–H groups in total. The summed E-state index contributed by atoms with van der Waals surface area (Å²) in [5.74, 6) is 2.07. The molecule has 1 saturated carbocycles. The van der Waals surface area contributed by atoms with E-state index < -0.39 is 0 Å². The van der Waals surface area contributed by atoms with Gasteiger partial charge in [0.25, 0.3) is 0 Å². The molecule has 0 bridgehead atoms. The number of imidazole rings is 1. The lowest BCUT2D eigenvalue weighted by Gasteiger charge is -2.06. The van der Waals surface area contributed by atoms with Crippen molar-refractivity contribution < 1.29 is 0 Å². The maximum Gasteiger partial charge on any atom is 0.125 e. The number of hydrogen-bond acceptors (Lipinski definition) is 2. The normalized spacial score (nSPS) is 22.1. The number of alkyl halides is 1. The van der Waals surface area contributed by atoms with E-state index in [1.165, 1.54) is 12.8 Å². The Morgan fingerprint density at radius 3 is 3.00 bits per heavy atom. The summed E-state index contributed by atoms with van der Waals surface area (Å²) in [6.07, 6.45) is 2.38. The Morgan fingerprint density at radius 2 is 2.39 bits per heavy atom. The van der Waals surface area contributed by atoms with Gasteiger partial charge in [0.2, 0.25) is 0 Å². The fourth-order valence-corrected chi connectivity index (χ4v) is 2.85. The zero-order chi connectivity index (χ0) is 12.7. The van der Waals surface area contributed by atoms with Crippen LogP contribution in [0.2, 0.25) is 0 Å². The third-order valence-electron chi connectivity index (χ3n) is 3.75. The molecule has 4 heteroatoms. The van der Waals surface area contributed by atoms with Crippen LogP contribution in [0.25, 0.3) is 11.0 Å². The molecule has 1 aromatic carbocycles. The number of halogens is 1. The van der Waals surface area contributed by atoms with Crippen LogP contribution in [0, 0.1) is 17.2 Å². The molecule has 1 aliphatic carbocycles. The molecule has 1 aromatic heterocycles. The van der Waals surface area contributed by atoms with Crippen LogP contribution in [0.1, 0.15) is 37.2 Å². The standard InChI is InChI=1S/C14H14ClN3/c1-2-10-6-12(10)18-13-5-9(8-16)3-4-11(13)17-14(18)7-15/h3-5,10,12H,2,6-7H2,1H3. The first-order valence-electron chi connectivity index (χ1n) is 6.25. The van der Waals surface area contributed by atoms with Gasteiger partial charge in [-0.15, -0.1) is 11.6 Å². The lowest BCUT2D eigenvalue weighted by atomic mass is 10.2. The SMILES string of the molecule is CCC1CC1n1c(CCl)nc2ccc(C#N)cc21. The van der Waals surface area contributed by atoms with Crippen LogP contribution in [0.5, 0.6) is 0 Å². The van der Waals surface area contributed by atoms with Crippen molar-refractivity contribution in [2.45, 2.75) is 31.7 Å². The second kappa shape index (κ2) is 4.29. The van der Waals surface area contributed by atoms with E-state index >= 15 is 0 Å².